The van der Waals surface area contributed by atoms with Crippen molar-refractivity contribution in [3.8, 4) is 0 Å². The molecule has 0 radical (unpaired) electrons. The molecule has 0 aliphatic carbocycles. The second-order valence-electron chi connectivity index (χ2n) is 4.37. The molecule has 17 heavy (non-hydrogen) atoms. The van der Waals surface area contributed by atoms with Crippen molar-refractivity contribution in [2.24, 2.45) is 12.8 Å². The largest absolute Gasteiger partial charge is 0.321 e. The van der Waals surface area contributed by atoms with E-state index in [0.717, 1.165) is 30.5 Å². The molecule has 1 rings (SSSR count). The van der Waals surface area contributed by atoms with E-state index in [1.807, 2.05) is 6.92 Å². The van der Waals surface area contributed by atoms with Crippen LogP contribution in [0.15, 0.2) is 0 Å². The smallest absolute Gasteiger partial charge is 0.154 e. The molecular formula is C12H20ClN3O. The number of halogens is 1. The van der Waals surface area contributed by atoms with Gasteiger partial charge in [0.1, 0.15) is 5.15 Å². The molecule has 0 amide bonds. The van der Waals surface area contributed by atoms with Crippen molar-refractivity contribution in [1.82, 2.24) is 9.78 Å². The van der Waals surface area contributed by atoms with E-state index in [9.17, 15) is 4.79 Å². The van der Waals surface area contributed by atoms with E-state index < -0.39 is 0 Å². The van der Waals surface area contributed by atoms with Gasteiger partial charge >= 0.3 is 0 Å². The molecule has 1 atom stereocenters. The Morgan fingerprint density at radius 1 is 1.59 bits per heavy atom. The summed E-state index contributed by atoms with van der Waals surface area (Å²) >= 11 is 6.07. The summed E-state index contributed by atoms with van der Waals surface area (Å²) in [5, 5.41) is 4.70. The van der Waals surface area contributed by atoms with Crippen LogP contribution in [0.5, 0.6) is 0 Å². The highest BCUT2D eigenvalue weighted by molar-refractivity contribution is 6.30. The van der Waals surface area contributed by atoms with Crippen LogP contribution in [0.25, 0.3) is 0 Å². The van der Waals surface area contributed by atoms with Crippen molar-refractivity contribution in [3.63, 3.8) is 0 Å². The van der Waals surface area contributed by atoms with Crippen molar-refractivity contribution in [2.75, 3.05) is 0 Å². The van der Waals surface area contributed by atoms with Gasteiger partial charge in [0.05, 0.1) is 11.7 Å². The summed E-state index contributed by atoms with van der Waals surface area (Å²) in [6.07, 6.45) is 3.05. The summed E-state index contributed by atoms with van der Waals surface area (Å²) in [4.78, 5) is 11.9. The van der Waals surface area contributed by atoms with Gasteiger partial charge in [0.15, 0.2) is 5.78 Å². The minimum absolute atomic E-state index is 0.0384. The quantitative estimate of drug-likeness (QED) is 0.848. The molecule has 0 aliphatic heterocycles. The van der Waals surface area contributed by atoms with E-state index in [1.54, 1.807) is 11.7 Å². The van der Waals surface area contributed by atoms with Gasteiger partial charge in [0.2, 0.25) is 0 Å². The second-order valence-corrected chi connectivity index (χ2v) is 4.73. The zero-order chi connectivity index (χ0) is 13.0. The Morgan fingerprint density at radius 2 is 2.24 bits per heavy atom. The van der Waals surface area contributed by atoms with Crippen LogP contribution in [-0.2, 0) is 18.3 Å². The molecule has 0 fully saturated rings. The Labute approximate surface area is 107 Å². The fourth-order valence-corrected chi connectivity index (χ4v) is 2.01. The van der Waals surface area contributed by atoms with E-state index in [0.29, 0.717) is 5.15 Å². The van der Waals surface area contributed by atoms with E-state index >= 15 is 0 Å². The maximum absolute atomic E-state index is 11.9. The van der Waals surface area contributed by atoms with Gasteiger partial charge in [0.25, 0.3) is 0 Å². The maximum Gasteiger partial charge on any atom is 0.154 e. The van der Waals surface area contributed by atoms with Gasteiger partial charge in [-0.15, -0.1) is 0 Å². The van der Waals surface area contributed by atoms with Crippen LogP contribution in [0.4, 0.5) is 0 Å². The average Bonchev–Trinajstić information content (AvgIpc) is 2.52. The highest BCUT2D eigenvalue weighted by Crippen LogP contribution is 2.20. The van der Waals surface area contributed by atoms with Crippen LogP contribution in [0, 0.1) is 6.92 Å². The first-order valence-electron chi connectivity index (χ1n) is 5.93. The number of nitrogens with zero attached hydrogens (tertiary/aromatic N) is 2. The van der Waals surface area contributed by atoms with Gasteiger partial charge in [-0.1, -0.05) is 31.4 Å². The first-order valence-corrected chi connectivity index (χ1v) is 6.31. The number of Topliss-reactive ketones (excluding diaryl/α,β-unsaturated/α-hetero) is 1. The zero-order valence-electron chi connectivity index (χ0n) is 10.7. The molecule has 4 nitrogen and oxygen atoms in total. The summed E-state index contributed by atoms with van der Waals surface area (Å²) < 4.78 is 1.58. The number of hydrogen-bond acceptors (Lipinski definition) is 3. The van der Waals surface area contributed by atoms with Gasteiger partial charge in [-0.25, -0.2) is 0 Å². The third-order valence-electron chi connectivity index (χ3n) is 2.90. The summed E-state index contributed by atoms with van der Waals surface area (Å²) in [5.74, 6) is 0.0384. The minimum atomic E-state index is -0.384. The molecule has 0 bridgehead atoms. The Bertz CT molecular complexity index is 401. The predicted molar refractivity (Wildman–Crippen MR) is 69.2 cm³/mol. The summed E-state index contributed by atoms with van der Waals surface area (Å²) in [7, 11) is 1.76. The van der Waals surface area contributed by atoms with Crippen molar-refractivity contribution in [3.05, 3.63) is 16.4 Å². The fourth-order valence-electron chi connectivity index (χ4n) is 1.77. The Kier molecular flexibility index (Phi) is 5.15. The number of aryl methyl sites for hydroxylation is 2. The zero-order valence-corrected chi connectivity index (χ0v) is 11.4. The number of nitrogens with two attached hydrogens (primary N) is 1. The highest BCUT2D eigenvalue weighted by atomic mass is 35.5. The first kappa shape index (κ1) is 14.2. The third kappa shape index (κ3) is 3.54. The summed E-state index contributed by atoms with van der Waals surface area (Å²) in [6, 6.07) is -0.384. The molecule has 2 N–H and O–H groups in total. The van der Waals surface area contributed by atoms with Crippen LogP contribution in [-0.4, -0.2) is 21.6 Å². The average molecular weight is 258 g/mol. The van der Waals surface area contributed by atoms with E-state index in [1.165, 1.54) is 0 Å². The van der Waals surface area contributed by atoms with E-state index in [4.69, 9.17) is 17.3 Å². The number of unbranched alkanes of at least 4 members (excludes halogenated alkanes) is 1. The number of hydrogen-bond donors (Lipinski definition) is 1. The molecular weight excluding hydrogens is 238 g/mol. The lowest BCUT2D eigenvalue weighted by Crippen LogP contribution is -2.31. The Morgan fingerprint density at radius 3 is 2.71 bits per heavy atom. The normalized spacial score (nSPS) is 12.8. The summed E-state index contributed by atoms with van der Waals surface area (Å²) in [6.45, 7) is 3.94. The number of rotatable bonds is 6. The molecule has 1 unspecified atom stereocenters. The molecule has 5 heteroatoms. The lowest BCUT2D eigenvalue weighted by Gasteiger charge is -2.09. The van der Waals surface area contributed by atoms with Gasteiger partial charge < -0.3 is 5.73 Å². The topological polar surface area (TPSA) is 60.9 Å². The SMILES string of the molecule is CCCCC(N)C(=O)Cc1c(C)nn(C)c1Cl. The van der Waals surface area contributed by atoms with Crippen molar-refractivity contribution in [1.29, 1.82) is 0 Å². The lowest BCUT2D eigenvalue weighted by molar-refractivity contribution is -0.119. The Balaban J connectivity index is 2.67. The lowest BCUT2D eigenvalue weighted by atomic mass is 10.0. The molecule has 0 aromatic carbocycles. The second kappa shape index (κ2) is 6.17. The number of ketones is 1. The molecule has 1 heterocycles. The molecule has 0 aliphatic rings. The van der Waals surface area contributed by atoms with Gasteiger partial charge in [0, 0.05) is 19.0 Å². The van der Waals surface area contributed by atoms with Gasteiger partial charge in [-0.3, -0.25) is 9.48 Å². The van der Waals surface area contributed by atoms with Crippen LogP contribution in [0.3, 0.4) is 0 Å². The first-order chi connectivity index (χ1) is 7.97. The van der Waals surface area contributed by atoms with E-state index in [2.05, 4.69) is 12.0 Å². The summed E-state index contributed by atoms with van der Waals surface area (Å²) in [5.41, 5.74) is 7.44. The van der Waals surface area contributed by atoms with Gasteiger partial charge in [-0.2, -0.15) is 5.10 Å². The van der Waals surface area contributed by atoms with Crippen molar-refractivity contribution >= 4 is 17.4 Å². The van der Waals surface area contributed by atoms with Crippen LogP contribution < -0.4 is 5.73 Å². The molecule has 1 aromatic rings. The van der Waals surface area contributed by atoms with Crippen molar-refractivity contribution in [2.45, 2.75) is 45.6 Å². The number of aromatic nitrogens is 2. The molecule has 0 spiro atoms. The number of carbonyl (C=O) groups excluding carboxylic acids is 1. The third-order valence-corrected chi connectivity index (χ3v) is 3.38. The molecule has 96 valence electrons. The Hall–Kier alpha value is -0.870. The van der Waals surface area contributed by atoms with Crippen molar-refractivity contribution < 1.29 is 4.79 Å². The van der Waals surface area contributed by atoms with Crippen LogP contribution in [0.2, 0.25) is 5.15 Å². The molecule has 1 aromatic heterocycles. The van der Waals surface area contributed by atoms with Gasteiger partial charge in [-0.05, 0) is 13.3 Å². The highest BCUT2D eigenvalue weighted by Gasteiger charge is 2.19. The fraction of sp³-hybridized carbons (Fsp3) is 0.667. The van der Waals surface area contributed by atoms with Crippen LogP contribution >= 0.6 is 11.6 Å². The van der Waals surface area contributed by atoms with Crippen LogP contribution in [0.1, 0.15) is 37.4 Å². The monoisotopic (exact) mass is 257 g/mol. The predicted octanol–water partition coefficient (Wildman–Crippen LogP) is 2.01. The standard InChI is InChI=1S/C12H20ClN3O/c1-4-5-6-10(14)11(17)7-9-8(2)15-16(3)12(9)13/h10H,4-7,14H2,1-3H3. The maximum atomic E-state index is 11.9. The minimum Gasteiger partial charge on any atom is -0.321 e. The number of carbonyl (C=O) groups is 1. The molecule has 0 saturated heterocycles. The van der Waals surface area contributed by atoms with E-state index in [-0.39, 0.29) is 18.2 Å². The molecule has 0 saturated carbocycles.